The molecule has 4 N–H and O–H groups in total. The van der Waals surface area contributed by atoms with Crippen molar-refractivity contribution in [3.8, 4) is 0 Å². The first-order valence-electron chi connectivity index (χ1n) is 6.07. The van der Waals surface area contributed by atoms with Crippen molar-refractivity contribution in [2.24, 2.45) is 5.73 Å². The van der Waals surface area contributed by atoms with Crippen molar-refractivity contribution < 1.29 is 9.31 Å². The van der Waals surface area contributed by atoms with Crippen LogP contribution in [0.25, 0.3) is 0 Å². The number of nitrogen functional groups attached to an aromatic ring is 1. The Balaban J connectivity index is 2.35. The number of hydrogen-bond acceptors (Lipinski definition) is 5. The van der Waals surface area contributed by atoms with Crippen LogP contribution in [0.2, 0.25) is 0 Å². The van der Waals surface area contributed by atoms with Crippen LogP contribution in [0.3, 0.4) is 0 Å². The van der Waals surface area contributed by atoms with Crippen LogP contribution in [0.1, 0.15) is 33.3 Å². The molecule has 1 aliphatic heterocycles. The number of nitrogens with zero attached hydrogens (tertiary/aromatic N) is 1. The summed E-state index contributed by atoms with van der Waals surface area (Å²) < 4.78 is 11.9. The molecule has 2 rings (SSSR count). The topological polar surface area (TPSA) is 83.4 Å². The zero-order chi connectivity index (χ0) is 13.6. The molecule has 1 saturated heterocycles. The minimum atomic E-state index is -0.443. The van der Waals surface area contributed by atoms with Crippen molar-refractivity contribution in [2.75, 3.05) is 5.73 Å². The zero-order valence-corrected chi connectivity index (χ0v) is 11.4. The highest BCUT2D eigenvalue weighted by Gasteiger charge is 2.52. The monoisotopic (exact) mass is 249 g/mol. The number of rotatable bonds is 2. The molecule has 0 atom stereocenters. The molecule has 18 heavy (non-hydrogen) atoms. The maximum atomic E-state index is 5.97. The van der Waals surface area contributed by atoms with E-state index in [0.29, 0.717) is 12.4 Å². The minimum absolute atomic E-state index is 0.370. The maximum absolute atomic E-state index is 5.97. The molecule has 1 fully saturated rings. The summed E-state index contributed by atoms with van der Waals surface area (Å²) in [7, 11) is -0.443. The molecule has 1 aliphatic rings. The molecule has 2 heterocycles. The van der Waals surface area contributed by atoms with E-state index in [1.165, 1.54) is 0 Å². The highest BCUT2D eigenvalue weighted by molar-refractivity contribution is 6.62. The van der Waals surface area contributed by atoms with E-state index in [4.69, 9.17) is 20.8 Å². The van der Waals surface area contributed by atoms with E-state index in [2.05, 4.69) is 4.98 Å². The molecule has 98 valence electrons. The van der Waals surface area contributed by atoms with Gasteiger partial charge in [0, 0.05) is 18.2 Å². The highest BCUT2D eigenvalue weighted by Crippen LogP contribution is 2.36. The summed E-state index contributed by atoms with van der Waals surface area (Å²) in [6.07, 6.45) is 1.68. The van der Waals surface area contributed by atoms with E-state index in [-0.39, 0.29) is 11.2 Å². The lowest BCUT2D eigenvalue weighted by Crippen LogP contribution is -2.41. The van der Waals surface area contributed by atoms with Crippen LogP contribution in [0.4, 0.5) is 5.82 Å². The fraction of sp³-hybridized carbons (Fsp3) is 0.583. The largest absolute Gasteiger partial charge is 0.496 e. The van der Waals surface area contributed by atoms with Gasteiger partial charge in [0.2, 0.25) is 0 Å². The smallest absolute Gasteiger partial charge is 0.399 e. The molecule has 0 unspecified atom stereocenters. The first kappa shape index (κ1) is 13.3. The Hall–Kier alpha value is -1.11. The molecular formula is C12H20BN3O2. The molecule has 0 spiro atoms. The van der Waals surface area contributed by atoms with Gasteiger partial charge in [-0.1, -0.05) is 0 Å². The Bertz CT molecular complexity index is 447. The summed E-state index contributed by atoms with van der Waals surface area (Å²) in [5, 5.41) is 0. The third-order valence-electron chi connectivity index (χ3n) is 3.77. The number of pyridine rings is 1. The van der Waals surface area contributed by atoms with Gasteiger partial charge in [0.25, 0.3) is 0 Å². The molecule has 0 bridgehead atoms. The third kappa shape index (κ3) is 2.11. The molecule has 0 aromatic carbocycles. The molecule has 0 radical (unpaired) electrons. The minimum Gasteiger partial charge on any atom is -0.399 e. The fourth-order valence-electron chi connectivity index (χ4n) is 1.89. The normalized spacial score (nSPS) is 21.3. The van der Waals surface area contributed by atoms with Gasteiger partial charge in [-0.2, -0.15) is 0 Å². The quantitative estimate of drug-likeness (QED) is 0.742. The molecular weight excluding hydrogens is 229 g/mol. The second kappa shape index (κ2) is 4.22. The van der Waals surface area contributed by atoms with Gasteiger partial charge in [-0.3, -0.25) is 0 Å². The lowest BCUT2D eigenvalue weighted by atomic mass is 9.77. The van der Waals surface area contributed by atoms with Gasteiger partial charge in [-0.15, -0.1) is 0 Å². The predicted octanol–water partition coefficient (Wildman–Crippen LogP) is 0.422. The van der Waals surface area contributed by atoms with Gasteiger partial charge in [0.1, 0.15) is 5.82 Å². The number of anilines is 1. The molecule has 1 aromatic rings. The molecule has 1 aromatic heterocycles. The van der Waals surface area contributed by atoms with Crippen LogP contribution < -0.4 is 16.9 Å². The summed E-state index contributed by atoms with van der Waals surface area (Å²) in [6.45, 7) is 8.44. The number of hydrogen-bond donors (Lipinski definition) is 2. The predicted molar refractivity (Wildman–Crippen MR) is 72.3 cm³/mol. The van der Waals surface area contributed by atoms with Gasteiger partial charge in [-0.25, -0.2) is 4.98 Å². The molecule has 0 amide bonds. The van der Waals surface area contributed by atoms with Crippen molar-refractivity contribution >= 4 is 18.4 Å². The van der Waals surface area contributed by atoms with E-state index >= 15 is 0 Å². The standard InChI is InChI=1S/C12H20BN3O2/c1-11(2)12(3,4)18-13(17-11)9-7-16-10(15)5-8(9)6-14/h5,7H,6,14H2,1-4H3,(H2,15,16). The Labute approximate surface area is 108 Å². The van der Waals surface area contributed by atoms with E-state index in [1.807, 2.05) is 27.7 Å². The Kier molecular flexibility index (Phi) is 3.13. The Morgan fingerprint density at radius 2 is 1.78 bits per heavy atom. The van der Waals surface area contributed by atoms with E-state index < -0.39 is 7.12 Å². The molecule has 6 heteroatoms. The highest BCUT2D eigenvalue weighted by atomic mass is 16.7. The molecule has 0 aliphatic carbocycles. The van der Waals surface area contributed by atoms with Crippen LogP contribution in [-0.4, -0.2) is 23.3 Å². The van der Waals surface area contributed by atoms with Gasteiger partial charge in [0.15, 0.2) is 0 Å². The lowest BCUT2D eigenvalue weighted by molar-refractivity contribution is 0.00578. The first-order chi connectivity index (χ1) is 8.27. The van der Waals surface area contributed by atoms with E-state index in [0.717, 1.165) is 11.0 Å². The first-order valence-corrected chi connectivity index (χ1v) is 6.07. The Morgan fingerprint density at radius 1 is 1.22 bits per heavy atom. The molecule has 0 saturated carbocycles. The molecule has 5 nitrogen and oxygen atoms in total. The second-order valence-electron chi connectivity index (χ2n) is 5.60. The van der Waals surface area contributed by atoms with Crippen molar-refractivity contribution in [1.82, 2.24) is 4.98 Å². The summed E-state index contributed by atoms with van der Waals surface area (Å²) in [5.41, 5.74) is 12.4. The van der Waals surface area contributed by atoms with Crippen LogP contribution >= 0.6 is 0 Å². The van der Waals surface area contributed by atoms with E-state index in [1.54, 1.807) is 12.3 Å². The zero-order valence-electron chi connectivity index (χ0n) is 11.4. The second-order valence-corrected chi connectivity index (χ2v) is 5.60. The number of aromatic nitrogens is 1. The van der Waals surface area contributed by atoms with Gasteiger partial charge < -0.3 is 20.8 Å². The number of nitrogens with two attached hydrogens (primary N) is 2. The third-order valence-corrected chi connectivity index (χ3v) is 3.77. The van der Waals surface area contributed by atoms with Crippen molar-refractivity contribution in [1.29, 1.82) is 0 Å². The summed E-state index contributed by atoms with van der Waals surface area (Å²) in [4.78, 5) is 4.09. The van der Waals surface area contributed by atoms with Crippen molar-refractivity contribution in [2.45, 2.75) is 45.4 Å². The average Bonchev–Trinajstić information content (AvgIpc) is 2.47. The lowest BCUT2D eigenvalue weighted by Gasteiger charge is -2.32. The SMILES string of the molecule is CC1(C)OB(c2cnc(N)cc2CN)OC1(C)C. The summed E-state index contributed by atoms with van der Waals surface area (Å²) in [5.74, 6) is 0.454. The summed E-state index contributed by atoms with van der Waals surface area (Å²) >= 11 is 0. The van der Waals surface area contributed by atoms with Gasteiger partial charge >= 0.3 is 7.12 Å². The Morgan fingerprint density at radius 3 is 2.28 bits per heavy atom. The average molecular weight is 249 g/mol. The van der Waals surface area contributed by atoms with E-state index in [9.17, 15) is 0 Å². The summed E-state index contributed by atoms with van der Waals surface area (Å²) in [6, 6.07) is 1.76. The van der Waals surface area contributed by atoms with Gasteiger partial charge in [0.05, 0.1) is 11.2 Å². The van der Waals surface area contributed by atoms with Crippen LogP contribution in [0, 0.1) is 0 Å². The van der Waals surface area contributed by atoms with Crippen molar-refractivity contribution in [3.63, 3.8) is 0 Å². The van der Waals surface area contributed by atoms with Crippen LogP contribution in [0.5, 0.6) is 0 Å². The van der Waals surface area contributed by atoms with Crippen molar-refractivity contribution in [3.05, 3.63) is 17.8 Å². The fourth-order valence-corrected chi connectivity index (χ4v) is 1.89. The van der Waals surface area contributed by atoms with Gasteiger partial charge in [-0.05, 0) is 39.3 Å². The van der Waals surface area contributed by atoms with Crippen LogP contribution in [0.15, 0.2) is 12.3 Å². The van der Waals surface area contributed by atoms with Crippen LogP contribution in [-0.2, 0) is 15.9 Å². The maximum Gasteiger partial charge on any atom is 0.496 e.